The number of anilines is 1. The number of nitrogens with one attached hydrogen (secondary N) is 2. The summed E-state index contributed by atoms with van der Waals surface area (Å²) in [6.07, 6.45) is 0. The average Bonchev–Trinajstić information content (AvgIpc) is 2.64. The molecule has 0 aromatic carbocycles. The number of hydrogen-bond donors (Lipinski definition) is 2. The number of carbonyl (C=O) groups excluding carboxylic acids is 1. The van der Waals surface area contributed by atoms with Crippen molar-refractivity contribution >= 4 is 11.9 Å². The molecule has 0 atom stereocenters. The number of carbonyl (C=O) groups is 1. The topological polar surface area (TPSA) is 106 Å². The van der Waals surface area contributed by atoms with Gasteiger partial charge >= 0.3 is 0 Å². The lowest BCUT2D eigenvalue weighted by molar-refractivity contribution is 0.102. The molecule has 0 saturated heterocycles. The summed E-state index contributed by atoms with van der Waals surface area (Å²) in [4.78, 5) is 26.1. The number of rotatable bonds is 2. The van der Waals surface area contributed by atoms with Gasteiger partial charge in [0.25, 0.3) is 11.9 Å². The summed E-state index contributed by atoms with van der Waals surface area (Å²) in [5.74, 6) is -0.414. The molecule has 2 aromatic rings. The molecule has 0 aliphatic rings. The molecule has 2 N–H and O–H groups in total. The fourth-order valence-electron chi connectivity index (χ4n) is 1.08. The minimum Gasteiger partial charge on any atom is -0.318 e. The van der Waals surface area contributed by atoms with Crippen LogP contribution >= 0.6 is 0 Å². The molecule has 16 heavy (non-hydrogen) atoms. The first-order valence-corrected chi connectivity index (χ1v) is 4.40. The van der Waals surface area contributed by atoms with Crippen LogP contribution < -0.4 is 10.9 Å². The van der Waals surface area contributed by atoms with Gasteiger partial charge in [0.15, 0.2) is 0 Å². The quantitative estimate of drug-likeness (QED) is 0.685. The summed E-state index contributed by atoms with van der Waals surface area (Å²) < 4.78 is 0. The van der Waals surface area contributed by atoms with E-state index in [0.717, 1.165) is 0 Å². The van der Waals surface area contributed by atoms with E-state index in [-0.39, 0.29) is 17.2 Å². The Kier molecular flexibility index (Phi) is 2.46. The lowest BCUT2D eigenvalue weighted by Gasteiger charge is -1.98. The van der Waals surface area contributed by atoms with Crippen LogP contribution in [0.25, 0.3) is 0 Å². The highest BCUT2D eigenvalue weighted by Gasteiger charge is 2.09. The van der Waals surface area contributed by atoms with Crippen LogP contribution in [0.4, 0.5) is 5.95 Å². The van der Waals surface area contributed by atoms with Gasteiger partial charge in [-0.1, -0.05) is 11.2 Å². The molecule has 2 heterocycles. The minimum atomic E-state index is -0.495. The lowest BCUT2D eigenvalue weighted by Crippen LogP contribution is -2.18. The number of hydrogen-bond acceptors (Lipinski definition) is 5. The van der Waals surface area contributed by atoms with Crippen LogP contribution in [0.1, 0.15) is 10.5 Å². The highest BCUT2D eigenvalue weighted by molar-refractivity contribution is 6.01. The molecule has 0 radical (unpaired) electrons. The summed E-state index contributed by atoms with van der Waals surface area (Å²) in [6, 6.07) is 4.28. The lowest BCUT2D eigenvalue weighted by atomic mass is 10.3. The van der Waals surface area contributed by atoms with Gasteiger partial charge in [0.1, 0.15) is 5.69 Å². The van der Waals surface area contributed by atoms with Gasteiger partial charge in [0, 0.05) is 6.07 Å². The van der Waals surface area contributed by atoms with Crippen molar-refractivity contribution in [3.05, 3.63) is 34.2 Å². The third-order valence-electron chi connectivity index (χ3n) is 1.75. The van der Waals surface area contributed by atoms with Gasteiger partial charge in [0.05, 0.1) is 7.05 Å². The van der Waals surface area contributed by atoms with Crippen molar-refractivity contribution < 1.29 is 4.79 Å². The molecule has 1 amide bonds. The molecule has 0 bridgehead atoms. The van der Waals surface area contributed by atoms with Crippen LogP contribution in [-0.2, 0) is 7.05 Å². The van der Waals surface area contributed by atoms with Gasteiger partial charge in [-0.25, -0.2) is 0 Å². The summed E-state index contributed by atoms with van der Waals surface area (Å²) in [7, 11) is 1.58. The largest absolute Gasteiger partial charge is 0.318 e. The fourth-order valence-corrected chi connectivity index (χ4v) is 1.08. The number of amides is 1. The number of aromatic amines is 1. The Morgan fingerprint density at radius 2 is 2.31 bits per heavy atom. The molecule has 0 aliphatic heterocycles. The Hall–Kier alpha value is -2.51. The van der Waals surface area contributed by atoms with Crippen LogP contribution in [0.2, 0.25) is 0 Å². The van der Waals surface area contributed by atoms with E-state index in [1.807, 2.05) is 0 Å². The molecule has 8 heteroatoms. The third kappa shape index (κ3) is 2.11. The molecule has 2 aromatic heterocycles. The van der Waals surface area contributed by atoms with Gasteiger partial charge in [-0.05, 0) is 11.3 Å². The van der Waals surface area contributed by atoms with E-state index < -0.39 is 5.91 Å². The van der Waals surface area contributed by atoms with Gasteiger partial charge in [-0.15, -0.1) is 5.10 Å². The summed E-state index contributed by atoms with van der Waals surface area (Å²) in [5.41, 5.74) is -0.209. The summed E-state index contributed by atoms with van der Waals surface area (Å²) in [6.45, 7) is 0. The predicted octanol–water partition coefficient (Wildman–Crippen LogP) is -0.849. The average molecular weight is 220 g/mol. The second kappa shape index (κ2) is 3.93. The first kappa shape index (κ1) is 10.0. The van der Waals surface area contributed by atoms with Gasteiger partial charge < -0.3 is 4.98 Å². The van der Waals surface area contributed by atoms with Crippen molar-refractivity contribution in [2.45, 2.75) is 0 Å². The standard InChI is InChI=1S/C8H8N6O2/c1-14-12-8(11-13-14)10-7(16)5-3-2-4-6(15)9-5/h2-4H,1H3,(H,9,15)(H,10,12,16). The normalized spacial score (nSPS) is 10.1. The van der Waals surface area contributed by atoms with E-state index >= 15 is 0 Å². The molecule has 0 unspecified atom stereocenters. The molecule has 0 aliphatic carbocycles. The second-order valence-electron chi connectivity index (χ2n) is 2.99. The maximum absolute atomic E-state index is 11.6. The number of nitrogens with zero attached hydrogens (tertiary/aromatic N) is 4. The van der Waals surface area contributed by atoms with Crippen LogP contribution in [0, 0.1) is 0 Å². The molecule has 0 spiro atoms. The number of pyridine rings is 1. The van der Waals surface area contributed by atoms with Crippen molar-refractivity contribution in [1.82, 2.24) is 25.2 Å². The van der Waals surface area contributed by atoms with Gasteiger partial charge in [-0.2, -0.15) is 4.80 Å². The molecule has 0 saturated carbocycles. The first-order chi connectivity index (χ1) is 7.65. The van der Waals surface area contributed by atoms with Crippen LogP contribution in [-0.4, -0.2) is 31.1 Å². The van der Waals surface area contributed by atoms with Crippen molar-refractivity contribution in [1.29, 1.82) is 0 Å². The maximum atomic E-state index is 11.6. The van der Waals surface area contributed by atoms with Crippen molar-refractivity contribution in [3.63, 3.8) is 0 Å². The number of aromatic nitrogens is 5. The zero-order chi connectivity index (χ0) is 11.5. The van der Waals surface area contributed by atoms with E-state index in [2.05, 4.69) is 25.7 Å². The second-order valence-corrected chi connectivity index (χ2v) is 2.99. The van der Waals surface area contributed by atoms with Crippen LogP contribution in [0.5, 0.6) is 0 Å². The van der Waals surface area contributed by atoms with Crippen molar-refractivity contribution in [2.24, 2.45) is 7.05 Å². The van der Waals surface area contributed by atoms with Gasteiger partial charge in [-0.3, -0.25) is 14.9 Å². The SMILES string of the molecule is Cn1nnc(NC(=O)c2cccc(=O)[nH]2)n1. The molecular weight excluding hydrogens is 212 g/mol. The van der Waals surface area contributed by atoms with E-state index in [0.29, 0.717) is 0 Å². The number of H-pyrrole nitrogens is 1. The molecule has 8 nitrogen and oxygen atoms in total. The zero-order valence-electron chi connectivity index (χ0n) is 8.34. The highest BCUT2D eigenvalue weighted by atomic mass is 16.2. The Morgan fingerprint density at radius 3 is 2.94 bits per heavy atom. The Morgan fingerprint density at radius 1 is 1.50 bits per heavy atom. The van der Waals surface area contributed by atoms with Crippen molar-refractivity contribution in [3.8, 4) is 0 Å². The third-order valence-corrected chi connectivity index (χ3v) is 1.75. The van der Waals surface area contributed by atoms with Crippen molar-refractivity contribution in [2.75, 3.05) is 5.32 Å². The first-order valence-electron chi connectivity index (χ1n) is 4.40. The van der Waals surface area contributed by atoms with Gasteiger partial charge in [0.2, 0.25) is 5.56 Å². The van der Waals surface area contributed by atoms with Crippen LogP contribution in [0.15, 0.2) is 23.0 Å². The predicted molar refractivity (Wildman–Crippen MR) is 53.8 cm³/mol. The minimum absolute atomic E-state index is 0.0807. The van der Waals surface area contributed by atoms with Crippen LogP contribution in [0.3, 0.4) is 0 Å². The van der Waals surface area contributed by atoms with E-state index in [1.165, 1.54) is 23.0 Å². The molecule has 2 rings (SSSR count). The highest BCUT2D eigenvalue weighted by Crippen LogP contribution is 1.97. The number of tetrazole rings is 1. The smallest absolute Gasteiger partial charge is 0.274 e. The fraction of sp³-hybridized carbons (Fsp3) is 0.125. The van der Waals surface area contributed by atoms with E-state index in [1.54, 1.807) is 7.05 Å². The zero-order valence-corrected chi connectivity index (χ0v) is 8.34. The monoisotopic (exact) mass is 220 g/mol. The van der Waals surface area contributed by atoms with E-state index in [9.17, 15) is 9.59 Å². The Labute approximate surface area is 89.3 Å². The molecular formula is C8H8N6O2. The Bertz CT molecular complexity index is 572. The summed E-state index contributed by atoms with van der Waals surface area (Å²) in [5, 5.41) is 13.3. The number of aryl methyl sites for hydroxylation is 1. The van der Waals surface area contributed by atoms with E-state index in [4.69, 9.17) is 0 Å². The molecule has 82 valence electrons. The summed E-state index contributed by atoms with van der Waals surface area (Å²) >= 11 is 0. The molecule has 0 fully saturated rings. The Balaban J connectivity index is 2.17. The maximum Gasteiger partial charge on any atom is 0.274 e.